The van der Waals surface area contributed by atoms with Crippen molar-refractivity contribution in [2.45, 2.75) is 13.0 Å². The SMILES string of the molecule is COc1cc(OC)c(NC(=O)CCn2ncc(=O)c3ccccc32)cc1Cl. The van der Waals surface area contributed by atoms with E-state index in [2.05, 4.69) is 10.4 Å². The van der Waals surface area contributed by atoms with Gasteiger partial charge in [0.05, 0.1) is 43.2 Å². The number of fused-ring (bicyclic) bond motifs is 1. The molecule has 140 valence electrons. The van der Waals surface area contributed by atoms with Gasteiger partial charge in [0.1, 0.15) is 11.5 Å². The number of hydrogen-bond donors (Lipinski definition) is 1. The molecule has 1 aromatic heterocycles. The van der Waals surface area contributed by atoms with E-state index >= 15 is 0 Å². The molecule has 0 aliphatic heterocycles. The summed E-state index contributed by atoms with van der Waals surface area (Å²) in [6, 6.07) is 10.3. The van der Waals surface area contributed by atoms with E-state index < -0.39 is 0 Å². The van der Waals surface area contributed by atoms with Gasteiger partial charge >= 0.3 is 0 Å². The number of hydrogen-bond acceptors (Lipinski definition) is 5. The van der Waals surface area contributed by atoms with E-state index in [0.29, 0.717) is 39.7 Å². The Labute approximate surface area is 160 Å². The molecule has 3 rings (SSSR count). The molecule has 3 aromatic rings. The molecule has 0 fully saturated rings. The highest BCUT2D eigenvalue weighted by atomic mass is 35.5. The smallest absolute Gasteiger partial charge is 0.226 e. The third-order valence-electron chi connectivity index (χ3n) is 4.06. The van der Waals surface area contributed by atoms with Crippen LogP contribution >= 0.6 is 11.6 Å². The maximum absolute atomic E-state index is 12.4. The van der Waals surface area contributed by atoms with E-state index in [0.717, 1.165) is 0 Å². The molecule has 0 saturated heterocycles. The van der Waals surface area contributed by atoms with Crippen molar-refractivity contribution in [3.05, 3.63) is 57.8 Å². The molecule has 0 spiro atoms. The minimum absolute atomic E-state index is 0.149. The average Bonchev–Trinajstić information content (AvgIpc) is 2.68. The van der Waals surface area contributed by atoms with E-state index in [1.54, 1.807) is 35.0 Å². The minimum Gasteiger partial charge on any atom is -0.495 e. The second kappa shape index (κ2) is 8.09. The summed E-state index contributed by atoms with van der Waals surface area (Å²) in [5, 5.41) is 7.82. The second-order valence-electron chi connectivity index (χ2n) is 5.73. The molecule has 1 N–H and O–H groups in total. The van der Waals surface area contributed by atoms with Crippen LogP contribution in [0.5, 0.6) is 11.5 Å². The van der Waals surface area contributed by atoms with Crippen molar-refractivity contribution < 1.29 is 14.3 Å². The van der Waals surface area contributed by atoms with Crippen LogP contribution in [0.4, 0.5) is 5.69 Å². The van der Waals surface area contributed by atoms with Gasteiger partial charge in [-0.2, -0.15) is 5.10 Å². The number of aromatic nitrogens is 2. The fraction of sp³-hybridized carbons (Fsp3) is 0.211. The van der Waals surface area contributed by atoms with E-state index in [1.807, 2.05) is 6.07 Å². The maximum atomic E-state index is 12.4. The summed E-state index contributed by atoms with van der Waals surface area (Å²) < 4.78 is 12.0. The Hall–Kier alpha value is -3.06. The summed E-state index contributed by atoms with van der Waals surface area (Å²) >= 11 is 6.12. The molecular formula is C19H18ClN3O4. The quantitative estimate of drug-likeness (QED) is 0.702. The number of nitrogens with one attached hydrogen (secondary N) is 1. The topological polar surface area (TPSA) is 82.4 Å². The van der Waals surface area contributed by atoms with Gasteiger partial charge < -0.3 is 14.8 Å². The number of rotatable bonds is 6. The molecule has 0 radical (unpaired) electrons. The molecule has 0 aliphatic carbocycles. The lowest BCUT2D eigenvalue weighted by Crippen LogP contribution is -2.18. The number of benzene rings is 2. The van der Waals surface area contributed by atoms with E-state index in [1.165, 1.54) is 20.4 Å². The standard InChI is InChI=1S/C19H18ClN3O4/c1-26-17-10-18(27-2)14(9-13(17)20)22-19(25)7-8-23-15-6-4-3-5-12(15)16(24)11-21-23/h3-6,9-11H,7-8H2,1-2H3,(H,22,25). The highest BCUT2D eigenvalue weighted by Crippen LogP contribution is 2.35. The highest BCUT2D eigenvalue weighted by Gasteiger charge is 2.13. The van der Waals surface area contributed by atoms with Gasteiger partial charge in [-0.25, -0.2) is 0 Å². The molecule has 0 unspecified atom stereocenters. The van der Waals surface area contributed by atoms with Crippen LogP contribution in [0, 0.1) is 0 Å². The summed E-state index contributed by atoms with van der Waals surface area (Å²) in [5.74, 6) is 0.658. The van der Waals surface area contributed by atoms with Gasteiger partial charge in [-0.1, -0.05) is 23.7 Å². The molecule has 2 aromatic carbocycles. The maximum Gasteiger partial charge on any atom is 0.226 e. The summed E-state index contributed by atoms with van der Waals surface area (Å²) in [6.45, 7) is 0.318. The second-order valence-corrected chi connectivity index (χ2v) is 6.14. The molecule has 0 atom stereocenters. The number of carbonyl (C=O) groups excluding carboxylic acids is 1. The fourth-order valence-electron chi connectivity index (χ4n) is 2.72. The molecule has 1 heterocycles. The van der Waals surface area contributed by atoms with Crippen molar-refractivity contribution in [1.82, 2.24) is 9.78 Å². The third kappa shape index (κ3) is 4.03. The van der Waals surface area contributed by atoms with Crippen LogP contribution in [0.2, 0.25) is 5.02 Å². The Balaban J connectivity index is 1.75. The van der Waals surface area contributed by atoms with E-state index in [4.69, 9.17) is 21.1 Å². The number of methoxy groups -OCH3 is 2. The van der Waals surface area contributed by atoms with Crippen LogP contribution < -0.4 is 20.2 Å². The minimum atomic E-state index is -0.237. The molecule has 8 heteroatoms. The number of halogens is 1. The van der Waals surface area contributed by atoms with E-state index in [-0.39, 0.29) is 17.8 Å². The monoisotopic (exact) mass is 387 g/mol. The summed E-state index contributed by atoms with van der Waals surface area (Å²) in [6.07, 6.45) is 1.42. The van der Waals surface area contributed by atoms with Crippen LogP contribution in [-0.2, 0) is 11.3 Å². The lowest BCUT2D eigenvalue weighted by atomic mass is 10.2. The molecule has 0 saturated carbocycles. The van der Waals surface area contributed by atoms with Gasteiger partial charge in [0.25, 0.3) is 0 Å². The Bertz CT molecular complexity index is 1050. The van der Waals surface area contributed by atoms with Gasteiger partial charge in [-0.15, -0.1) is 0 Å². The van der Waals surface area contributed by atoms with Crippen molar-refractivity contribution in [2.75, 3.05) is 19.5 Å². The van der Waals surface area contributed by atoms with Gasteiger partial charge in [0, 0.05) is 17.9 Å². The Morgan fingerprint density at radius 1 is 1.19 bits per heavy atom. The van der Waals surface area contributed by atoms with Crippen LogP contribution in [0.3, 0.4) is 0 Å². The molecule has 27 heavy (non-hydrogen) atoms. The number of nitrogens with zero attached hydrogens (tertiary/aromatic N) is 2. The Morgan fingerprint density at radius 3 is 2.67 bits per heavy atom. The molecule has 7 nitrogen and oxygen atoms in total. The van der Waals surface area contributed by atoms with Crippen molar-refractivity contribution in [3.63, 3.8) is 0 Å². The molecule has 1 amide bonds. The number of ether oxygens (including phenoxy) is 2. The zero-order chi connectivity index (χ0) is 19.4. The predicted molar refractivity (Wildman–Crippen MR) is 104 cm³/mol. The van der Waals surface area contributed by atoms with Crippen molar-refractivity contribution in [3.8, 4) is 11.5 Å². The van der Waals surface area contributed by atoms with Crippen molar-refractivity contribution in [2.24, 2.45) is 0 Å². The Kier molecular flexibility index (Phi) is 5.61. The van der Waals surface area contributed by atoms with Gasteiger partial charge in [0.15, 0.2) is 0 Å². The summed E-state index contributed by atoms with van der Waals surface area (Å²) in [4.78, 5) is 24.3. The average molecular weight is 388 g/mol. The van der Waals surface area contributed by atoms with Crippen molar-refractivity contribution in [1.29, 1.82) is 0 Å². The number of aryl methyl sites for hydroxylation is 1. The van der Waals surface area contributed by atoms with E-state index in [9.17, 15) is 9.59 Å². The van der Waals surface area contributed by atoms with Crippen LogP contribution in [0.1, 0.15) is 6.42 Å². The largest absolute Gasteiger partial charge is 0.495 e. The molecule has 0 aliphatic rings. The first-order valence-corrected chi connectivity index (χ1v) is 8.57. The first-order chi connectivity index (χ1) is 13.0. The Morgan fingerprint density at radius 2 is 1.93 bits per heavy atom. The first kappa shape index (κ1) is 18.7. The number of anilines is 1. The lowest BCUT2D eigenvalue weighted by Gasteiger charge is -2.13. The number of carbonyl (C=O) groups is 1. The van der Waals surface area contributed by atoms with Gasteiger partial charge in [-0.05, 0) is 18.2 Å². The van der Waals surface area contributed by atoms with Gasteiger partial charge in [0.2, 0.25) is 11.3 Å². The molecule has 0 bridgehead atoms. The number of para-hydroxylation sites is 1. The first-order valence-electron chi connectivity index (χ1n) is 8.19. The lowest BCUT2D eigenvalue weighted by molar-refractivity contribution is -0.116. The molecular weight excluding hydrogens is 370 g/mol. The third-order valence-corrected chi connectivity index (χ3v) is 4.36. The fourth-order valence-corrected chi connectivity index (χ4v) is 2.96. The van der Waals surface area contributed by atoms with Crippen molar-refractivity contribution >= 4 is 34.1 Å². The van der Waals surface area contributed by atoms with Crippen LogP contribution in [0.25, 0.3) is 10.9 Å². The zero-order valence-corrected chi connectivity index (χ0v) is 15.6. The normalized spacial score (nSPS) is 10.6. The predicted octanol–water partition coefficient (Wildman–Crippen LogP) is 3.10. The zero-order valence-electron chi connectivity index (χ0n) is 14.9. The summed E-state index contributed by atoms with van der Waals surface area (Å²) in [7, 11) is 3.00. The van der Waals surface area contributed by atoms with Crippen LogP contribution in [0.15, 0.2) is 47.4 Å². The summed E-state index contributed by atoms with van der Waals surface area (Å²) in [5.41, 5.74) is 0.984. The van der Waals surface area contributed by atoms with Crippen LogP contribution in [-0.4, -0.2) is 29.9 Å². The van der Waals surface area contributed by atoms with Gasteiger partial charge in [-0.3, -0.25) is 14.3 Å². The highest BCUT2D eigenvalue weighted by molar-refractivity contribution is 6.32. The number of amides is 1.